The lowest BCUT2D eigenvalue weighted by atomic mass is 10.1. The van der Waals surface area contributed by atoms with Gasteiger partial charge in [-0.2, -0.15) is 19.9 Å². The highest BCUT2D eigenvalue weighted by molar-refractivity contribution is 7.48. The van der Waals surface area contributed by atoms with Crippen molar-refractivity contribution in [1.82, 2.24) is 92.5 Å². The number of hydrogen-bond donors (Lipinski definition) is 16. The summed E-state index contributed by atoms with van der Waals surface area (Å²) >= 11 is 0. The number of carbonyl (C=O) groups excluding carboxylic acids is 1. The van der Waals surface area contributed by atoms with Gasteiger partial charge >= 0.3 is 64.0 Å². The second-order valence-electron chi connectivity index (χ2n) is 33.6. The molecule has 2 aromatic carbocycles. The molecule has 0 saturated carbocycles. The summed E-state index contributed by atoms with van der Waals surface area (Å²) in [5, 5.41) is 13.5. The molecule has 17 rings (SSSR count). The number of nitrogen functional groups attached to an aromatic ring is 5. The number of amides is 1. The van der Waals surface area contributed by atoms with E-state index in [1.807, 2.05) is 0 Å². The van der Waals surface area contributed by atoms with Crippen molar-refractivity contribution in [3.63, 3.8) is 0 Å². The Balaban J connectivity index is 0.555. The van der Waals surface area contributed by atoms with Gasteiger partial charge in [-0.1, -0.05) is 18.2 Å². The summed E-state index contributed by atoms with van der Waals surface area (Å²) in [6.07, 6.45) is -23.0. The number of nitrogens with zero attached hydrogens (tertiary/aromatic N) is 15. The van der Waals surface area contributed by atoms with Crippen LogP contribution in [0.5, 0.6) is 0 Å². The molecule has 11 aromatic rings. The number of ether oxygens (including phenoxy) is 6. The van der Waals surface area contributed by atoms with E-state index in [-0.39, 0.29) is 87.0 Å². The second kappa shape index (κ2) is 44.0. The summed E-state index contributed by atoms with van der Waals surface area (Å²) in [4.78, 5) is 203. The number of hydrogen-bond acceptors (Lipinski definition) is 46. The number of aromatic nitrogens is 18. The molecule has 62 nitrogen and oxygen atoms in total. The molecule has 73 heteroatoms. The van der Waals surface area contributed by atoms with Gasteiger partial charge in [-0.25, -0.2) is 88.6 Å². The lowest BCUT2D eigenvalue weighted by Crippen LogP contribution is -2.33. The lowest BCUT2D eigenvalue weighted by molar-refractivity contribution is -0.0648. The maximum absolute atomic E-state index is 14.6. The number of anilines is 5. The van der Waals surface area contributed by atoms with E-state index in [0.717, 1.165) is 66.2 Å². The van der Waals surface area contributed by atoms with E-state index < -0.39 is 322 Å². The molecule has 0 spiro atoms. The number of phosphoric acid groups is 6. The Hall–Kier alpha value is -11.6. The van der Waals surface area contributed by atoms with Crippen LogP contribution in [0, 0.1) is 36.0 Å². The normalized spacial score (nSPS) is 26.6. The van der Waals surface area contributed by atoms with Gasteiger partial charge in [0.1, 0.15) is 128 Å². The first-order chi connectivity index (χ1) is 70.5. The Morgan fingerprint density at radius 1 is 0.436 bits per heavy atom. The number of aliphatic hydroxyl groups excluding tert-OH is 1. The van der Waals surface area contributed by atoms with Crippen molar-refractivity contribution >= 4 is 128 Å². The van der Waals surface area contributed by atoms with Crippen LogP contribution in [-0.4, -0.2) is 254 Å². The molecule has 21 N–H and O–H groups in total. The minimum atomic E-state index is -5.75. The number of nitrogens with two attached hydrogens (primary N) is 5. The van der Waals surface area contributed by atoms with E-state index in [1.165, 1.54) is 54.5 Å². The molecule has 1 amide bonds. The molecule has 6 aliphatic heterocycles. The van der Waals surface area contributed by atoms with Gasteiger partial charge in [0.2, 0.25) is 17.7 Å². The Morgan fingerprint density at radius 3 is 1.23 bits per heavy atom. The van der Waals surface area contributed by atoms with Crippen LogP contribution in [0.3, 0.4) is 0 Å². The third kappa shape index (κ3) is 25.2. The van der Waals surface area contributed by atoms with Crippen LogP contribution >= 0.6 is 46.9 Å². The molecule has 6 fully saturated rings. The van der Waals surface area contributed by atoms with Crippen LogP contribution in [0.25, 0.3) is 45.6 Å². The molecule has 0 radical (unpaired) electrons. The first-order valence-corrected chi connectivity index (χ1v) is 52.9. The molecule has 149 heavy (non-hydrogen) atoms. The first kappa shape index (κ1) is 109. The number of benzene rings is 2. The standard InChI is InChI=1S/C76H87F5N24O38P6/c1-32-21-102(76(113)99-68(32)107)53-18-39(43(136-53)23-127-144(114,115)126-14-2-11-87-69(108)34-6-3-33(4-7-34)5-8-35-56(77)58(79)60(81)59(80)57(35)78)141-147(120,121)132-27-47-41(20-55(138-47)105-31-92-63-67(105)96-73(86)98-71(63)110)143-149(124,125)130-25-45-38(17-52(135-45)101-13-10-49(83)94-75(101)112)140-146(118,119)131-26-46-40(19-54(137-46)104-30-91-62-66(104)95-72(85)97-70(62)109)142-148(122,123)129-24-44-37(16-51(134-44)100-12-9-48(82)93-74(100)111)139-145(116,117)128-22-42-36(106)15-50(133-42)103-29-90-61-64(84)88-28-89-65(61)103/h3-10,12-13,21,28-31,36-47,50-55,106H,2,11,14-20,22-27H2,1H3,(H,87,108)(H,114,115)(H,116,117)(H,118,119)(H,120,121)(H,122,123)(H,124,125)(H2,82,93,111)(H2,83,94,112)(H2,84,88,89)(H,99,107,113)(H3,85,95,97,109)(H3,86,96,98,110)/b8-5+/t36-,37-,38-,39-,40-,41-,42+,43+,44+,45+,46+,47+,50+,51+,52+,53+,54+,55+/m0/s1. The molecule has 15 heterocycles. The van der Waals surface area contributed by atoms with Gasteiger partial charge in [0.05, 0.1) is 76.9 Å². The minimum Gasteiger partial charge on any atom is -0.390 e. The number of aliphatic hydroxyl groups is 1. The average molecular weight is 2230 g/mol. The van der Waals surface area contributed by atoms with Gasteiger partial charge in [-0.3, -0.25) is 116 Å². The summed E-state index contributed by atoms with van der Waals surface area (Å²) in [5.74, 6) is -12.9. The van der Waals surface area contributed by atoms with Gasteiger partial charge in [0.15, 0.2) is 57.1 Å². The van der Waals surface area contributed by atoms with E-state index in [4.69, 9.17) is 111 Å². The summed E-state index contributed by atoms with van der Waals surface area (Å²) in [5.41, 5.74) is 21.8. The zero-order valence-corrected chi connectivity index (χ0v) is 81.5. The number of aryl methyl sites for hydroxylation is 1. The zero-order chi connectivity index (χ0) is 107. The van der Waals surface area contributed by atoms with Crippen molar-refractivity contribution in [3.8, 4) is 0 Å². The van der Waals surface area contributed by atoms with E-state index in [1.54, 1.807) is 0 Å². The number of nitrogens with one attached hydrogen (secondary N) is 4. The summed E-state index contributed by atoms with van der Waals surface area (Å²) in [6.45, 7) is -6.07. The minimum absolute atomic E-state index is 0.00757. The molecule has 6 unspecified atom stereocenters. The van der Waals surface area contributed by atoms with Crippen molar-refractivity contribution in [2.24, 2.45) is 0 Å². The van der Waals surface area contributed by atoms with Gasteiger partial charge in [-0.05, 0) is 49.2 Å². The fourth-order valence-corrected chi connectivity index (χ4v) is 22.0. The third-order valence-corrected chi connectivity index (χ3v) is 29.6. The second-order valence-corrected chi connectivity index (χ2v) is 42.1. The Kier molecular flexibility index (Phi) is 32.1. The summed E-state index contributed by atoms with van der Waals surface area (Å²) in [6, 6.07) is 7.38. The predicted molar refractivity (Wildman–Crippen MR) is 487 cm³/mol. The molecule has 24 atom stereocenters. The SMILES string of the molecule is Cc1cn([C@H]2C[C@H](OP(=O)(O)OC[C@H]3O[C@@H](n4cnc5c(=O)[nH]c(N)nc54)C[C@@H]3OP(=O)(O)OC[C@H]3O[C@@H](n4ccc(N)nc4=O)C[C@@H]3OP(=O)(O)OC[C@H]3O[C@@H](n4cnc5c(=O)[nH]c(N)nc54)C[C@@H]3OP(=O)(O)OC[C@H]3O[C@@H](n4ccc(N)nc4=O)C[C@@H]3OP(=O)(O)OC[C@H]3O[C@@H](n4cnc5c(N)ncnc54)C[C@@H]3O)[C@@H](COP(=O)(O)OCCCNC(=O)c3ccc(/C=C/c4c(F)c(F)c(F)c(F)c4F)cc3)O2)c(=O)[nH]c1=O. The highest BCUT2D eigenvalue weighted by atomic mass is 31.2. The number of aromatic amines is 3. The number of rotatable bonds is 42. The zero-order valence-electron chi connectivity index (χ0n) is 76.1. The molecule has 9 aromatic heterocycles. The van der Waals surface area contributed by atoms with Crippen LogP contribution in [0.4, 0.5) is 51.3 Å². The number of halogens is 5. The fourth-order valence-electron chi connectivity index (χ4n) is 16.5. The van der Waals surface area contributed by atoms with Crippen molar-refractivity contribution in [1.29, 1.82) is 0 Å². The lowest BCUT2D eigenvalue weighted by Gasteiger charge is -2.26. The summed E-state index contributed by atoms with van der Waals surface area (Å²) in [7, 11) is -33.3. The number of imidazole rings is 3. The Labute approximate surface area is 826 Å². The Morgan fingerprint density at radius 2 is 0.805 bits per heavy atom. The highest BCUT2D eigenvalue weighted by Crippen LogP contribution is 2.57. The molecule has 6 saturated heterocycles. The molecule has 0 aliphatic carbocycles. The highest BCUT2D eigenvalue weighted by Gasteiger charge is 2.53. The van der Waals surface area contributed by atoms with Crippen molar-refractivity contribution in [3.05, 3.63) is 194 Å². The predicted octanol–water partition coefficient (Wildman–Crippen LogP) is 1.79. The van der Waals surface area contributed by atoms with Gasteiger partial charge in [0.25, 0.3) is 22.6 Å². The largest absolute Gasteiger partial charge is 0.472 e. The number of carbonyl (C=O) groups is 1. The van der Waals surface area contributed by atoms with E-state index >= 15 is 0 Å². The van der Waals surface area contributed by atoms with E-state index in [2.05, 4.69) is 65.1 Å². The molecular formula is C76H87F5N24O38P6. The van der Waals surface area contributed by atoms with Crippen molar-refractivity contribution in [2.45, 2.75) is 162 Å². The maximum Gasteiger partial charge on any atom is 0.472 e. The first-order valence-electron chi connectivity index (χ1n) is 43.9. The average Bonchev–Trinajstić information content (AvgIpc) is 1.61. The number of phosphoric ester groups is 6. The van der Waals surface area contributed by atoms with Crippen LogP contribution in [0.1, 0.15) is 109 Å². The topological polar surface area (TPSA) is 865 Å². The van der Waals surface area contributed by atoms with Gasteiger partial charge in [-0.15, -0.1) is 0 Å². The van der Waals surface area contributed by atoms with Gasteiger partial charge in [0, 0.05) is 74.8 Å². The fraction of sp³-hybridized carbons (Fsp3) is 0.447. The van der Waals surface area contributed by atoms with Crippen LogP contribution < -0.4 is 67.7 Å². The molecule has 6 aliphatic rings. The van der Waals surface area contributed by atoms with Crippen LogP contribution in [-0.2, 0) is 110 Å². The van der Waals surface area contributed by atoms with Crippen LogP contribution in [0.2, 0.25) is 0 Å². The molecule has 804 valence electrons. The van der Waals surface area contributed by atoms with E-state index in [9.17, 15) is 117 Å². The van der Waals surface area contributed by atoms with E-state index in [0.29, 0.717) is 6.08 Å². The monoisotopic (exact) mass is 2220 g/mol. The summed E-state index contributed by atoms with van der Waals surface area (Å²) < 4.78 is 263. The van der Waals surface area contributed by atoms with Crippen LogP contribution in [0.15, 0.2) is 109 Å². The molecule has 0 bridgehead atoms. The number of H-pyrrole nitrogens is 3. The third-order valence-electron chi connectivity index (χ3n) is 23.6. The quantitative estimate of drug-likeness (QED) is 0.00647. The smallest absolute Gasteiger partial charge is 0.390 e. The molecular weight excluding hydrogens is 2140 g/mol. The van der Waals surface area contributed by atoms with Crippen molar-refractivity contribution < 1.29 is 171 Å². The Bertz CT molecular complexity index is 7630. The van der Waals surface area contributed by atoms with Crippen molar-refractivity contribution in [2.75, 3.05) is 81.5 Å². The number of fused-ring (bicyclic) bond motifs is 3. The maximum atomic E-state index is 14.6. The van der Waals surface area contributed by atoms with Gasteiger partial charge < -0.3 is 96.9 Å².